The third kappa shape index (κ3) is 2.28. The van der Waals surface area contributed by atoms with Crippen molar-refractivity contribution >= 4 is 23.4 Å². The van der Waals surface area contributed by atoms with Crippen LogP contribution in [-0.2, 0) is 12.8 Å². The quantitative estimate of drug-likeness (QED) is 0.667. The van der Waals surface area contributed by atoms with Crippen LogP contribution in [0.1, 0.15) is 5.56 Å². The number of aromatic amines is 1. The Morgan fingerprint density at radius 2 is 2.44 bits per heavy atom. The number of nitrogens with one attached hydrogen (secondary N) is 1. The van der Waals surface area contributed by atoms with E-state index in [4.69, 9.17) is 11.6 Å². The first-order valence-electron chi connectivity index (χ1n) is 4.52. The summed E-state index contributed by atoms with van der Waals surface area (Å²) in [6, 6.07) is 3.72. The third-order valence-electron chi connectivity index (χ3n) is 2.03. The van der Waals surface area contributed by atoms with Crippen LogP contribution < -0.4 is 5.69 Å². The summed E-state index contributed by atoms with van der Waals surface area (Å²) in [7, 11) is 1.67. The molecule has 0 fully saturated rings. The Morgan fingerprint density at radius 3 is 3.06 bits per heavy atom. The maximum atomic E-state index is 11.1. The maximum absolute atomic E-state index is 11.1. The summed E-state index contributed by atoms with van der Waals surface area (Å²) in [4.78, 5) is 15.1. The number of hydrogen-bond donors (Lipinski definition) is 1. The summed E-state index contributed by atoms with van der Waals surface area (Å²) in [6.07, 6.45) is 1.64. The maximum Gasteiger partial charge on any atom is 0.343 e. The van der Waals surface area contributed by atoms with E-state index < -0.39 is 0 Å². The molecular formula is C9H9ClN4OS. The Morgan fingerprint density at radius 1 is 1.62 bits per heavy atom. The van der Waals surface area contributed by atoms with Gasteiger partial charge in [-0.2, -0.15) is 0 Å². The van der Waals surface area contributed by atoms with Crippen LogP contribution in [0.3, 0.4) is 0 Å². The van der Waals surface area contributed by atoms with Gasteiger partial charge in [0.25, 0.3) is 0 Å². The molecule has 5 nitrogen and oxygen atoms in total. The van der Waals surface area contributed by atoms with Gasteiger partial charge >= 0.3 is 5.69 Å². The highest BCUT2D eigenvalue weighted by atomic mass is 35.5. The number of H-pyrrole nitrogens is 1. The number of pyridine rings is 1. The van der Waals surface area contributed by atoms with E-state index in [9.17, 15) is 4.79 Å². The van der Waals surface area contributed by atoms with Gasteiger partial charge in [0, 0.05) is 19.0 Å². The van der Waals surface area contributed by atoms with Crippen LogP contribution in [0.25, 0.3) is 0 Å². The zero-order valence-electron chi connectivity index (χ0n) is 8.48. The van der Waals surface area contributed by atoms with Gasteiger partial charge in [-0.3, -0.25) is 4.57 Å². The molecule has 0 atom stereocenters. The predicted molar refractivity (Wildman–Crippen MR) is 62.6 cm³/mol. The van der Waals surface area contributed by atoms with Crippen LogP contribution in [0.4, 0.5) is 0 Å². The molecule has 84 valence electrons. The minimum absolute atomic E-state index is 0.222. The van der Waals surface area contributed by atoms with Crippen LogP contribution in [0, 0.1) is 0 Å². The Kier molecular flexibility index (Phi) is 3.31. The monoisotopic (exact) mass is 256 g/mol. The normalized spacial score (nSPS) is 10.6. The zero-order valence-corrected chi connectivity index (χ0v) is 10.0. The lowest BCUT2D eigenvalue weighted by molar-refractivity contribution is 0.765. The lowest BCUT2D eigenvalue weighted by atomic mass is 10.3. The van der Waals surface area contributed by atoms with E-state index in [1.54, 1.807) is 13.2 Å². The van der Waals surface area contributed by atoms with Crippen molar-refractivity contribution in [3.05, 3.63) is 39.5 Å². The number of nitrogens with zero attached hydrogens (tertiary/aromatic N) is 3. The molecule has 0 aliphatic heterocycles. The molecular weight excluding hydrogens is 248 g/mol. The molecule has 0 aromatic carbocycles. The Labute approximate surface area is 101 Å². The predicted octanol–water partition coefficient (Wildman–Crippen LogP) is 1.45. The third-order valence-corrected chi connectivity index (χ3v) is 3.45. The first kappa shape index (κ1) is 11.2. The SMILES string of the molecule is Cn1c(SCc2cccnc2Cl)n[nH]c1=O. The van der Waals surface area contributed by atoms with Crippen LogP contribution in [-0.4, -0.2) is 19.7 Å². The molecule has 0 radical (unpaired) electrons. The fourth-order valence-electron chi connectivity index (χ4n) is 1.13. The van der Waals surface area contributed by atoms with E-state index in [1.165, 1.54) is 16.3 Å². The number of thioether (sulfide) groups is 1. The smallest absolute Gasteiger partial charge is 0.273 e. The van der Waals surface area contributed by atoms with Crippen molar-refractivity contribution in [2.24, 2.45) is 7.05 Å². The highest BCUT2D eigenvalue weighted by Gasteiger charge is 2.06. The van der Waals surface area contributed by atoms with E-state index in [2.05, 4.69) is 15.2 Å². The topological polar surface area (TPSA) is 63.6 Å². The van der Waals surface area contributed by atoms with Gasteiger partial charge in [-0.25, -0.2) is 14.9 Å². The van der Waals surface area contributed by atoms with Gasteiger partial charge in [0.15, 0.2) is 5.16 Å². The van der Waals surface area contributed by atoms with E-state index in [-0.39, 0.29) is 5.69 Å². The highest BCUT2D eigenvalue weighted by Crippen LogP contribution is 2.22. The van der Waals surface area contributed by atoms with Crippen molar-refractivity contribution in [3.63, 3.8) is 0 Å². The second-order valence-electron chi connectivity index (χ2n) is 3.11. The molecule has 16 heavy (non-hydrogen) atoms. The molecule has 0 spiro atoms. The number of hydrogen-bond acceptors (Lipinski definition) is 4. The Balaban J connectivity index is 2.11. The summed E-state index contributed by atoms with van der Waals surface area (Å²) in [5, 5.41) is 7.37. The molecule has 0 unspecified atom stereocenters. The minimum Gasteiger partial charge on any atom is -0.273 e. The van der Waals surface area contributed by atoms with Gasteiger partial charge in [0.1, 0.15) is 5.15 Å². The van der Waals surface area contributed by atoms with Crippen molar-refractivity contribution in [1.82, 2.24) is 19.7 Å². The fourth-order valence-corrected chi connectivity index (χ4v) is 2.30. The second-order valence-corrected chi connectivity index (χ2v) is 4.41. The van der Waals surface area contributed by atoms with Crippen LogP contribution >= 0.6 is 23.4 Å². The summed E-state index contributed by atoms with van der Waals surface area (Å²) in [5.74, 6) is 0.630. The molecule has 2 heterocycles. The van der Waals surface area contributed by atoms with Crippen molar-refractivity contribution in [2.75, 3.05) is 0 Å². The largest absolute Gasteiger partial charge is 0.343 e. The Bertz CT molecular complexity index is 550. The number of halogens is 1. The molecule has 0 saturated carbocycles. The van der Waals surface area contributed by atoms with E-state index in [1.807, 2.05) is 12.1 Å². The molecule has 2 rings (SSSR count). The minimum atomic E-state index is -0.222. The molecule has 2 aromatic rings. The standard InChI is InChI=1S/C9H9ClN4OS/c1-14-8(15)12-13-9(14)16-5-6-3-2-4-11-7(6)10/h2-4H,5H2,1H3,(H,12,15). The average Bonchev–Trinajstić information content (AvgIpc) is 2.59. The van der Waals surface area contributed by atoms with Gasteiger partial charge in [0.05, 0.1) is 0 Å². The van der Waals surface area contributed by atoms with Crippen LogP contribution in [0.2, 0.25) is 5.15 Å². The van der Waals surface area contributed by atoms with Gasteiger partial charge in [-0.05, 0) is 11.6 Å². The number of aromatic nitrogens is 4. The van der Waals surface area contributed by atoms with Crippen molar-refractivity contribution in [1.29, 1.82) is 0 Å². The fraction of sp³-hybridized carbons (Fsp3) is 0.222. The van der Waals surface area contributed by atoms with Gasteiger partial charge in [-0.15, -0.1) is 5.10 Å². The lowest BCUT2D eigenvalue weighted by Crippen LogP contribution is -2.12. The van der Waals surface area contributed by atoms with Crippen LogP contribution in [0.5, 0.6) is 0 Å². The van der Waals surface area contributed by atoms with Crippen molar-refractivity contribution < 1.29 is 0 Å². The van der Waals surface area contributed by atoms with Gasteiger partial charge in [0.2, 0.25) is 0 Å². The second kappa shape index (κ2) is 4.71. The van der Waals surface area contributed by atoms with Crippen LogP contribution in [0.15, 0.2) is 28.3 Å². The van der Waals surface area contributed by atoms with E-state index in [0.717, 1.165) is 5.56 Å². The summed E-state index contributed by atoms with van der Waals surface area (Å²) in [6.45, 7) is 0. The average molecular weight is 257 g/mol. The van der Waals surface area contributed by atoms with E-state index in [0.29, 0.717) is 16.1 Å². The molecule has 2 aromatic heterocycles. The summed E-state index contributed by atoms with van der Waals surface area (Å²) >= 11 is 7.35. The molecule has 1 N–H and O–H groups in total. The molecule has 0 aliphatic rings. The zero-order chi connectivity index (χ0) is 11.5. The first-order chi connectivity index (χ1) is 7.68. The Hall–Kier alpha value is -1.27. The molecule has 0 bridgehead atoms. The first-order valence-corrected chi connectivity index (χ1v) is 5.88. The molecule has 0 saturated heterocycles. The van der Waals surface area contributed by atoms with Gasteiger partial charge in [-0.1, -0.05) is 29.4 Å². The van der Waals surface area contributed by atoms with Crippen molar-refractivity contribution in [2.45, 2.75) is 10.9 Å². The number of rotatable bonds is 3. The van der Waals surface area contributed by atoms with Gasteiger partial charge < -0.3 is 0 Å². The summed E-state index contributed by atoms with van der Waals surface area (Å²) in [5.41, 5.74) is 0.699. The molecule has 0 amide bonds. The highest BCUT2D eigenvalue weighted by molar-refractivity contribution is 7.98. The molecule has 0 aliphatic carbocycles. The summed E-state index contributed by atoms with van der Waals surface area (Å²) < 4.78 is 1.45. The van der Waals surface area contributed by atoms with Crippen molar-refractivity contribution in [3.8, 4) is 0 Å². The molecule has 7 heteroatoms. The lowest BCUT2D eigenvalue weighted by Gasteiger charge is -2.01. The van der Waals surface area contributed by atoms with E-state index >= 15 is 0 Å².